The Bertz CT molecular complexity index is 509. The van der Waals surface area contributed by atoms with E-state index in [0.717, 1.165) is 11.8 Å². The van der Waals surface area contributed by atoms with Crippen LogP contribution in [0.3, 0.4) is 0 Å². The van der Waals surface area contributed by atoms with E-state index in [1.54, 1.807) is 0 Å². The Morgan fingerprint density at radius 1 is 0.944 bits per heavy atom. The van der Waals surface area contributed by atoms with Crippen LogP contribution in [0.5, 0.6) is 0 Å². The molecule has 92 valence electrons. The van der Waals surface area contributed by atoms with Crippen LogP contribution >= 0.6 is 15.9 Å². The number of benzene rings is 2. The molecule has 2 aromatic carbocycles. The molecule has 0 nitrogen and oxygen atoms in total. The molecular weight excluding hydrogens is 284 g/mol. The Kier molecular flexibility index (Phi) is 4.77. The maximum absolute atomic E-state index is 3.46. The lowest BCUT2D eigenvalue weighted by Gasteiger charge is -2.03. The molecule has 1 heteroatoms. The van der Waals surface area contributed by atoms with E-state index in [4.69, 9.17) is 0 Å². The molecule has 2 aromatic rings. The molecule has 2 rings (SSSR count). The Morgan fingerprint density at radius 2 is 1.56 bits per heavy atom. The van der Waals surface area contributed by atoms with Gasteiger partial charge in [-0.25, -0.2) is 0 Å². The molecule has 0 aliphatic carbocycles. The van der Waals surface area contributed by atoms with Crippen molar-refractivity contribution >= 4 is 22.0 Å². The second-order valence-electron chi connectivity index (χ2n) is 4.42. The molecule has 0 heterocycles. The van der Waals surface area contributed by atoms with Crippen molar-refractivity contribution in [2.45, 2.75) is 13.3 Å². The Balaban J connectivity index is 2.18. The van der Waals surface area contributed by atoms with E-state index in [0.29, 0.717) is 0 Å². The van der Waals surface area contributed by atoms with Gasteiger partial charge in [-0.3, -0.25) is 0 Å². The van der Waals surface area contributed by atoms with E-state index in [1.807, 2.05) is 6.07 Å². The van der Waals surface area contributed by atoms with Gasteiger partial charge < -0.3 is 0 Å². The zero-order valence-electron chi connectivity index (χ0n) is 10.6. The van der Waals surface area contributed by atoms with Crippen LogP contribution in [0.1, 0.15) is 18.9 Å². The SMILES string of the molecule is C/C(=C\c1ccc(-c2ccccc2)cc1)CCBr. The summed E-state index contributed by atoms with van der Waals surface area (Å²) in [7, 11) is 0. The fourth-order valence-electron chi connectivity index (χ4n) is 1.91. The first-order valence-corrected chi connectivity index (χ1v) is 7.30. The van der Waals surface area contributed by atoms with Crippen LogP contribution < -0.4 is 0 Å². The normalized spacial score (nSPS) is 11.6. The van der Waals surface area contributed by atoms with Gasteiger partial charge in [-0.2, -0.15) is 0 Å². The summed E-state index contributed by atoms with van der Waals surface area (Å²) >= 11 is 3.46. The van der Waals surface area contributed by atoms with Crippen LogP contribution in [-0.4, -0.2) is 5.33 Å². The summed E-state index contributed by atoms with van der Waals surface area (Å²) in [5.41, 5.74) is 5.21. The van der Waals surface area contributed by atoms with Crippen LogP contribution in [-0.2, 0) is 0 Å². The molecule has 0 aliphatic rings. The maximum Gasteiger partial charge on any atom is 0.00685 e. The molecule has 0 radical (unpaired) electrons. The van der Waals surface area contributed by atoms with Crippen molar-refractivity contribution < 1.29 is 0 Å². The van der Waals surface area contributed by atoms with Crippen LogP contribution in [0.4, 0.5) is 0 Å². The molecule has 0 saturated heterocycles. The van der Waals surface area contributed by atoms with Gasteiger partial charge in [-0.05, 0) is 30.0 Å². The van der Waals surface area contributed by atoms with E-state index < -0.39 is 0 Å². The largest absolute Gasteiger partial charge is 0.0925 e. The average molecular weight is 301 g/mol. The molecule has 0 aliphatic heterocycles. The topological polar surface area (TPSA) is 0 Å². The van der Waals surface area contributed by atoms with Crippen molar-refractivity contribution in [1.29, 1.82) is 0 Å². The van der Waals surface area contributed by atoms with Gasteiger partial charge in [-0.1, -0.05) is 82.2 Å². The highest BCUT2D eigenvalue weighted by Gasteiger charge is 1.96. The minimum atomic E-state index is 1.03. The summed E-state index contributed by atoms with van der Waals surface area (Å²) in [6.45, 7) is 2.17. The van der Waals surface area contributed by atoms with Gasteiger partial charge in [0.15, 0.2) is 0 Å². The van der Waals surface area contributed by atoms with Crippen LogP contribution in [0.25, 0.3) is 17.2 Å². The zero-order valence-corrected chi connectivity index (χ0v) is 12.2. The first kappa shape index (κ1) is 13.1. The number of rotatable bonds is 4. The summed E-state index contributed by atoms with van der Waals surface area (Å²) in [6.07, 6.45) is 3.34. The fourth-order valence-corrected chi connectivity index (χ4v) is 2.53. The molecule has 0 saturated carbocycles. The van der Waals surface area contributed by atoms with Crippen molar-refractivity contribution in [3.8, 4) is 11.1 Å². The van der Waals surface area contributed by atoms with Gasteiger partial charge in [0, 0.05) is 5.33 Å². The summed E-state index contributed by atoms with van der Waals surface area (Å²) in [4.78, 5) is 0. The van der Waals surface area contributed by atoms with E-state index in [2.05, 4.69) is 77.5 Å². The molecule has 0 atom stereocenters. The summed E-state index contributed by atoms with van der Waals surface area (Å²) in [5, 5.41) is 1.03. The van der Waals surface area contributed by atoms with E-state index in [9.17, 15) is 0 Å². The molecule has 0 bridgehead atoms. The van der Waals surface area contributed by atoms with Gasteiger partial charge >= 0.3 is 0 Å². The molecule has 18 heavy (non-hydrogen) atoms. The number of hydrogen-bond donors (Lipinski definition) is 0. The molecular formula is C17H17Br. The molecule has 0 amide bonds. The number of hydrogen-bond acceptors (Lipinski definition) is 0. The first-order chi connectivity index (χ1) is 8.79. The van der Waals surface area contributed by atoms with Gasteiger partial charge in [0.05, 0.1) is 0 Å². The summed E-state index contributed by atoms with van der Waals surface area (Å²) in [6, 6.07) is 19.2. The van der Waals surface area contributed by atoms with Crippen molar-refractivity contribution in [3.63, 3.8) is 0 Å². The molecule has 0 unspecified atom stereocenters. The smallest absolute Gasteiger partial charge is 0.00685 e. The number of halogens is 1. The second kappa shape index (κ2) is 6.55. The van der Waals surface area contributed by atoms with E-state index >= 15 is 0 Å². The van der Waals surface area contributed by atoms with Crippen LogP contribution in [0.15, 0.2) is 60.2 Å². The fraction of sp³-hybridized carbons (Fsp3) is 0.176. The van der Waals surface area contributed by atoms with Gasteiger partial charge in [0.2, 0.25) is 0 Å². The summed E-state index contributed by atoms with van der Waals surface area (Å²) < 4.78 is 0. The molecule has 0 spiro atoms. The van der Waals surface area contributed by atoms with Gasteiger partial charge in [-0.15, -0.1) is 0 Å². The minimum absolute atomic E-state index is 1.03. The van der Waals surface area contributed by atoms with Crippen molar-refractivity contribution in [1.82, 2.24) is 0 Å². The molecule has 0 fully saturated rings. The Labute approximate surface area is 117 Å². The lowest BCUT2D eigenvalue weighted by Crippen LogP contribution is -1.81. The third kappa shape index (κ3) is 3.58. The quantitative estimate of drug-likeness (QED) is 0.650. The minimum Gasteiger partial charge on any atom is -0.0925 e. The van der Waals surface area contributed by atoms with Crippen molar-refractivity contribution in [3.05, 3.63) is 65.7 Å². The van der Waals surface area contributed by atoms with Crippen molar-refractivity contribution in [2.75, 3.05) is 5.33 Å². The number of alkyl halides is 1. The standard InChI is InChI=1S/C17H17Br/c1-14(11-12-18)13-15-7-9-17(10-8-15)16-5-3-2-4-6-16/h2-10,13H,11-12H2,1H3/b14-13+. The highest BCUT2D eigenvalue weighted by Crippen LogP contribution is 2.20. The predicted molar refractivity (Wildman–Crippen MR) is 83.9 cm³/mol. The van der Waals surface area contributed by atoms with Crippen LogP contribution in [0, 0.1) is 0 Å². The third-order valence-electron chi connectivity index (χ3n) is 2.92. The van der Waals surface area contributed by atoms with Crippen molar-refractivity contribution in [2.24, 2.45) is 0 Å². The first-order valence-electron chi connectivity index (χ1n) is 6.18. The Hall–Kier alpha value is -1.34. The lowest BCUT2D eigenvalue weighted by molar-refractivity contribution is 1.14. The molecule has 0 N–H and O–H groups in total. The third-order valence-corrected chi connectivity index (χ3v) is 3.32. The lowest BCUT2D eigenvalue weighted by atomic mass is 10.0. The predicted octanol–water partition coefficient (Wildman–Crippen LogP) is 5.54. The zero-order chi connectivity index (χ0) is 12.8. The van der Waals surface area contributed by atoms with Crippen LogP contribution in [0.2, 0.25) is 0 Å². The highest BCUT2D eigenvalue weighted by atomic mass is 79.9. The average Bonchev–Trinajstić information content (AvgIpc) is 2.41. The molecule has 0 aromatic heterocycles. The highest BCUT2D eigenvalue weighted by molar-refractivity contribution is 9.09. The van der Waals surface area contributed by atoms with E-state index in [-0.39, 0.29) is 0 Å². The van der Waals surface area contributed by atoms with Gasteiger partial charge in [0.1, 0.15) is 0 Å². The maximum atomic E-state index is 3.46. The van der Waals surface area contributed by atoms with Gasteiger partial charge in [0.25, 0.3) is 0 Å². The van der Waals surface area contributed by atoms with E-state index in [1.165, 1.54) is 22.3 Å². The monoisotopic (exact) mass is 300 g/mol. The number of allylic oxidation sites excluding steroid dienone is 1. The second-order valence-corrected chi connectivity index (χ2v) is 5.21. The Morgan fingerprint density at radius 3 is 2.17 bits per heavy atom. The summed E-state index contributed by atoms with van der Waals surface area (Å²) in [5.74, 6) is 0.